The van der Waals surface area contributed by atoms with E-state index in [1.165, 1.54) is 18.2 Å². The number of carbonyl (C=O) groups excluding carboxylic acids is 1. The molecule has 0 aliphatic rings. The number of ether oxygens (including phenoxy) is 1. The molecule has 0 amide bonds. The van der Waals surface area contributed by atoms with Crippen molar-refractivity contribution in [1.82, 2.24) is 0 Å². The molecule has 0 saturated heterocycles. The van der Waals surface area contributed by atoms with Crippen LogP contribution >= 0.6 is 0 Å². The molecule has 2 rings (SSSR count). The molecular weight excluding hydrogens is 394 g/mol. The van der Waals surface area contributed by atoms with Gasteiger partial charge in [-0.1, -0.05) is 12.1 Å². The van der Waals surface area contributed by atoms with E-state index in [-0.39, 0.29) is 16.5 Å². The Balaban J connectivity index is 2.40. The predicted molar refractivity (Wildman–Crippen MR) is 76.7 cm³/mol. The van der Waals surface area contributed by atoms with E-state index in [1.807, 2.05) is 0 Å². The summed E-state index contributed by atoms with van der Waals surface area (Å²) in [6, 6.07) is 6.95. The maximum atomic E-state index is 12.5. The summed E-state index contributed by atoms with van der Waals surface area (Å²) in [6.07, 6.45) is -15.9. The highest BCUT2D eigenvalue weighted by molar-refractivity contribution is 7.74. The number of halogens is 6. The molecule has 2 aromatic carbocycles. The van der Waals surface area contributed by atoms with Gasteiger partial charge in [-0.25, -0.2) is 4.79 Å². The van der Waals surface area contributed by atoms with Crippen LogP contribution in [0.25, 0.3) is 10.8 Å². The molecule has 0 fully saturated rings. The number of carbonyl (C=O) groups is 1. The van der Waals surface area contributed by atoms with E-state index in [1.54, 1.807) is 0 Å². The van der Waals surface area contributed by atoms with Gasteiger partial charge in [-0.2, -0.15) is 30.6 Å². The van der Waals surface area contributed by atoms with Gasteiger partial charge in [-0.15, -0.1) is 0 Å². The zero-order chi connectivity index (χ0) is 19.7. The Morgan fingerprint density at radius 3 is 2.19 bits per heavy atom. The van der Waals surface area contributed by atoms with E-state index < -0.39 is 41.4 Å². The highest BCUT2D eigenvalue weighted by Crippen LogP contribution is 2.36. The van der Waals surface area contributed by atoms with Crippen LogP contribution in [0.4, 0.5) is 26.3 Å². The molecule has 0 spiro atoms. The summed E-state index contributed by atoms with van der Waals surface area (Å²) in [6.45, 7) is 0. The number of esters is 1. The van der Waals surface area contributed by atoms with Crippen LogP contribution in [-0.4, -0.2) is 33.2 Å². The van der Waals surface area contributed by atoms with Crippen LogP contribution in [0.15, 0.2) is 36.4 Å². The third kappa shape index (κ3) is 4.64. The molecule has 0 radical (unpaired) electrons. The average molecular weight is 402 g/mol. The predicted octanol–water partition coefficient (Wildman–Crippen LogP) is 4.01. The number of benzene rings is 2. The number of hydrogen-bond donors (Lipinski definition) is 1. The van der Waals surface area contributed by atoms with Crippen molar-refractivity contribution in [3.63, 3.8) is 0 Å². The molecule has 0 aromatic heterocycles. The molecule has 0 heterocycles. The SMILES string of the molecule is O=C(OC(C(F)(F)F)C(F)(F)F)c1cccc2cc(OS(=O)O)ccc12. The average Bonchev–Trinajstić information content (AvgIpc) is 2.48. The lowest BCUT2D eigenvalue weighted by molar-refractivity contribution is -0.307. The molecule has 1 N–H and O–H groups in total. The van der Waals surface area contributed by atoms with Crippen molar-refractivity contribution in [2.45, 2.75) is 18.5 Å². The van der Waals surface area contributed by atoms with Crippen molar-refractivity contribution in [3.8, 4) is 5.75 Å². The van der Waals surface area contributed by atoms with Crippen LogP contribution in [0.3, 0.4) is 0 Å². The summed E-state index contributed by atoms with van der Waals surface area (Å²) in [7, 11) is 0. The van der Waals surface area contributed by atoms with Crippen molar-refractivity contribution in [2.75, 3.05) is 0 Å². The maximum Gasteiger partial charge on any atom is 0.434 e. The summed E-state index contributed by atoms with van der Waals surface area (Å²) in [5.41, 5.74) is -0.544. The largest absolute Gasteiger partial charge is 0.439 e. The van der Waals surface area contributed by atoms with Gasteiger partial charge in [-0.05, 0) is 35.0 Å². The van der Waals surface area contributed by atoms with E-state index in [2.05, 4.69) is 8.92 Å². The van der Waals surface area contributed by atoms with Crippen LogP contribution in [0, 0.1) is 0 Å². The smallest absolute Gasteiger partial charge is 0.434 e. The zero-order valence-electron chi connectivity index (χ0n) is 12.3. The topological polar surface area (TPSA) is 72.8 Å². The fourth-order valence-electron chi connectivity index (χ4n) is 2.06. The van der Waals surface area contributed by atoms with Crippen LogP contribution < -0.4 is 4.18 Å². The van der Waals surface area contributed by atoms with Gasteiger partial charge in [0.05, 0.1) is 5.56 Å². The molecule has 1 atom stereocenters. The van der Waals surface area contributed by atoms with Crippen LogP contribution in [0.1, 0.15) is 10.4 Å². The lowest BCUT2D eigenvalue weighted by atomic mass is 10.0. The number of fused-ring (bicyclic) bond motifs is 1. The van der Waals surface area contributed by atoms with Crippen molar-refractivity contribution in [1.29, 1.82) is 0 Å². The number of rotatable bonds is 4. The lowest BCUT2D eigenvalue weighted by Gasteiger charge is -2.23. The minimum atomic E-state index is -5.83. The molecule has 0 aliphatic carbocycles. The minimum Gasteiger partial charge on any atom is -0.439 e. The summed E-state index contributed by atoms with van der Waals surface area (Å²) in [5.74, 6) is -1.93. The first-order chi connectivity index (χ1) is 11.9. The normalized spacial score (nSPS) is 13.7. The molecule has 2 aromatic rings. The van der Waals surface area contributed by atoms with Gasteiger partial charge in [0.15, 0.2) is 0 Å². The third-order valence-electron chi connectivity index (χ3n) is 3.06. The Labute approximate surface area is 144 Å². The maximum absolute atomic E-state index is 12.5. The molecule has 0 aliphatic heterocycles. The van der Waals surface area contributed by atoms with E-state index in [4.69, 9.17) is 4.55 Å². The van der Waals surface area contributed by atoms with Crippen LogP contribution in [0.2, 0.25) is 0 Å². The Morgan fingerprint density at radius 1 is 1.04 bits per heavy atom. The van der Waals surface area contributed by atoms with Gasteiger partial charge in [0.1, 0.15) is 5.75 Å². The second-order valence-corrected chi connectivity index (χ2v) is 5.46. The molecule has 0 bridgehead atoms. The summed E-state index contributed by atoms with van der Waals surface area (Å²) >= 11 is -2.64. The monoisotopic (exact) mass is 402 g/mol. The van der Waals surface area contributed by atoms with Gasteiger partial charge in [0, 0.05) is 0 Å². The first-order valence-corrected chi connectivity index (χ1v) is 7.59. The molecule has 12 heteroatoms. The number of alkyl halides is 6. The third-order valence-corrected chi connectivity index (χ3v) is 3.39. The first kappa shape index (κ1) is 20.0. The summed E-state index contributed by atoms with van der Waals surface area (Å²) in [4.78, 5) is 11.9. The van der Waals surface area contributed by atoms with Gasteiger partial charge in [0.2, 0.25) is 0 Å². The van der Waals surface area contributed by atoms with Gasteiger partial charge < -0.3 is 8.92 Å². The van der Waals surface area contributed by atoms with E-state index in [0.717, 1.165) is 18.2 Å². The van der Waals surface area contributed by atoms with Crippen LogP contribution in [-0.2, 0) is 16.1 Å². The first-order valence-electron chi connectivity index (χ1n) is 6.56. The molecule has 26 heavy (non-hydrogen) atoms. The molecule has 142 valence electrons. The van der Waals surface area contributed by atoms with Crippen molar-refractivity contribution >= 4 is 28.1 Å². The van der Waals surface area contributed by atoms with Gasteiger partial charge in [0.25, 0.3) is 6.10 Å². The fourth-order valence-corrected chi connectivity index (χ4v) is 2.33. The Morgan fingerprint density at radius 2 is 1.65 bits per heavy atom. The highest BCUT2D eigenvalue weighted by atomic mass is 32.2. The second-order valence-electron chi connectivity index (χ2n) is 4.86. The van der Waals surface area contributed by atoms with E-state index in [0.29, 0.717) is 0 Å². The zero-order valence-corrected chi connectivity index (χ0v) is 13.1. The quantitative estimate of drug-likeness (QED) is 0.476. The van der Waals surface area contributed by atoms with Crippen molar-refractivity contribution < 1.29 is 48.8 Å². The van der Waals surface area contributed by atoms with E-state index >= 15 is 0 Å². The van der Waals surface area contributed by atoms with Crippen LogP contribution in [0.5, 0.6) is 5.75 Å². The number of hydrogen-bond acceptors (Lipinski definition) is 4. The molecule has 0 saturated carbocycles. The second kappa shape index (κ2) is 7.11. The fraction of sp³-hybridized carbons (Fsp3) is 0.214. The lowest BCUT2D eigenvalue weighted by Crippen LogP contribution is -2.45. The Kier molecular flexibility index (Phi) is 5.47. The van der Waals surface area contributed by atoms with Gasteiger partial charge in [-0.3, -0.25) is 4.55 Å². The Bertz CT molecular complexity index is 834. The summed E-state index contributed by atoms with van der Waals surface area (Å²) < 4.78 is 102. The molecule has 5 nitrogen and oxygen atoms in total. The van der Waals surface area contributed by atoms with Crippen molar-refractivity contribution in [2.24, 2.45) is 0 Å². The minimum absolute atomic E-state index is 0.0309. The van der Waals surface area contributed by atoms with Crippen molar-refractivity contribution in [3.05, 3.63) is 42.0 Å². The summed E-state index contributed by atoms with van der Waals surface area (Å²) in [5, 5.41) is 0.134. The Hall–Kier alpha value is -2.34. The molecular formula is C14H8F6O5S. The molecule has 1 unspecified atom stereocenters. The highest BCUT2D eigenvalue weighted by Gasteiger charge is 2.60. The van der Waals surface area contributed by atoms with Gasteiger partial charge >= 0.3 is 29.7 Å². The standard InChI is InChI=1S/C14H8F6O5S/c15-13(16,17)12(14(18,19)20)24-11(21)10-3-1-2-7-6-8(25-26(22)23)4-5-9(7)10/h1-6,12H,(H,22,23). The van der Waals surface area contributed by atoms with E-state index in [9.17, 15) is 35.3 Å².